The molecule has 0 unspecified atom stereocenters. The lowest BCUT2D eigenvalue weighted by atomic mass is 10.2. The molecule has 0 aliphatic carbocycles. The number of piperazine rings is 1. The molecule has 1 fully saturated rings. The Labute approximate surface area is 136 Å². The predicted octanol–water partition coefficient (Wildman–Crippen LogP) is 2.09. The predicted molar refractivity (Wildman–Crippen MR) is 84.9 cm³/mol. The molecule has 1 aliphatic heterocycles. The van der Waals surface area contributed by atoms with Crippen molar-refractivity contribution in [1.82, 2.24) is 9.80 Å². The first-order valence-electron chi connectivity index (χ1n) is 7.36. The van der Waals surface area contributed by atoms with E-state index in [0.717, 1.165) is 25.2 Å². The highest BCUT2D eigenvalue weighted by Crippen LogP contribution is 2.21. The summed E-state index contributed by atoms with van der Waals surface area (Å²) in [6, 6.07) is 7.49. The van der Waals surface area contributed by atoms with E-state index in [1.54, 1.807) is 12.1 Å². The van der Waals surface area contributed by atoms with Crippen LogP contribution in [0.25, 0.3) is 0 Å². The van der Waals surface area contributed by atoms with Gasteiger partial charge in [0, 0.05) is 44.2 Å². The Morgan fingerprint density at radius 2 is 2.09 bits per heavy atom. The molecule has 1 aromatic rings. The summed E-state index contributed by atoms with van der Waals surface area (Å²) in [6.07, 6.45) is 0.535. The SMILES string of the molecule is Cc1cc(Cl)ccc1OCC(=O)N1CCN(CCC#N)CC1. The summed E-state index contributed by atoms with van der Waals surface area (Å²) < 4.78 is 5.59. The molecule has 2 rings (SSSR count). The first-order valence-corrected chi connectivity index (χ1v) is 7.74. The number of hydrogen-bond donors (Lipinski definition) is 0. The second kappa shape index (κ2) is 8.02. The molecule has 0 bridgehead atoms. The Bertz CT molecular complexity index is 563. The van der Waals surface area contributed by atoms with Crippen LogP contribution >= 0.6 is 11.6 Å². The number of rotatable bonds is 5. The van der Waals surface area contributed by atoms with Gasteiger partial charge in [-0.1, -0.05) is 11.6 Å². The Hall–Kier alpha value is -1.77. The van der Waals surface area contributed by atoms with Crippen molar-refractivity contribution in [2.45, 2.75) is 13.3 Å². The third kappa shape index (κ3) is 4.62. The molecule has 0 atom stereocenters. The van der Waals surface area contributed by atoms with Crippen molar-refractivity contribution in [3.63, 3.8) is 0 Å². The van der Waals surface area contributed by atoms with Crippen LogP contribution in [0.4, 0.5) is 0 Å². The van der Waals surface area contributed by atoms with Crippen LogP contribution in [0.2, 0.25) is 5.02 Å². The van der Waals surface area contributed by atoms with Crippen molar-refractivity contribution < 1.29 is 9.53 Å². The van der Waals surface area contributed by atoms with Crippen LogP contribution in [-0.4, -0.2) is 55.0 Å². The highest BCUT2D eigenvalue weighted by Gasteiger charge is 2.21. The van der Waals surface area contributed by atoms with E-state index in [-0.39, 0.29) is 12.5 Å². The summed E-state index contributed by atoms with van der Waals surface area (Å²) in [7, 11) is 0. The molecule has 0 radical (unpaired) electrons. The van der Waals surface area contributed by atoms with Crippen molar-refractivity contribution in [2.24, 2.45) is 0 Å². The number of carbonyl (C=O) groups excluding carboxylic acids is 1. The monoisotopic (exact) mass is 321 g/mol. The van der Waals surface area contributed by atoms with E-state index in [1.165, 1.54) is 0 Å². The summed E-state index contributed by atoms with van der Waals surface area (Å²) in [5.41, 5.74) is 0.918. The van der Waals surface area contributed by atoms with Crippen molar-refractivity contribution in [1.29, 1.82) is 5.26 Å². The summed E-state index contributed by atoms with van der Waals surface area (Å²) in [5.74, 6) is 0.680. The number of halogens is 1. The average molecular weight is 322 g/mol. The van der Waals surface area contributed by atoms with Gasteiger partial charge in [-0.3, -0.25) is 9.69 Å². The molecule has 0 aromatic heterocycles. The topological polar surface area (TPSA) is 56.6 Å². The van der Waals surface area contributed by atoms with Gasteiger partial charge in [-0.25, -0.2) is 0 Å². The Morgan fingerprint density at radius 3 is 2.73 bits per heavy atom. The third-order valence-electron chi connectivity index (χ3n) is 3.75. The van der Waals surface area contributed by atoms with Crippen LogP contribution in [0.1, 0.15) is 12.0 Å². The lowest BCUT2D eigenvalue weighted by Crippen LogP contribution is -2.50. The Kier molecular flexibility index (Phi) is 6.05. The number of benzene rings is 1. The molecule has 1 saturated heterocycles. The lowest BCUT2D eigenvalue weighted by Gasteiger charge is -2.34. The van der Waals surface area contributed by atoms with Gasteiger partial charge in [0.1, 0.15) is 5.75 Å². The minimum atomic E-state index is -0.00529. The maximum Gasteiger partial charge on any atom is 0.260 e. The molecule has 1 aromatic carbocycles. The maximum atomic E-state index is 12.2. The zero-order valence-electron chi connectivity index (χ0n) is 12.7. The summed E-state index contributed by atoms with van der Waals surface area (Å²) >= 11 is 5.90. The molecule has 5 nitrogen and oxygen atoms in total. The fourth-order valence-corrected chi connectivity index (χ4v) is 2.66. The van der Waals surface area contributed by atoms with Gasteiger partial charge in [0.25, 0.3) is 5.91 Å². The van der Waals surface area contributed by atoms with E-state index in [1.807, 2.05) is 17.9 Å². The number of amides is 1. The number of nitriles is 1. The van der Waals surface area contributed by atoms with E-state index < -0.39 is 0 Å². The molecule has 1 aliphatic rings. The molecule has 6 heteroatoms. The van der Waals surface area contributed by atoms with Gasteiger partial charge >= 0.3 is 0 Å². The van der Waals surface area contributed by atoms with E-state index in [2.05, 4.69) is 11.0 Å². The zero-order chi connectivity index (χ0) is 15.9. The summed E-state index contributed by atoms with van der Waals surface area (Å²) in [6.45, 7) is 5.72. The van der Waals surface area contributed by atoms with Gasteiger partial charge in [0.05, 0.1) is 6.07 Å². The van der Waals surface area contributed by atoms with E-state index in [9.17, 15) is 4.79 Å². The number of nitrogens with zero attached hydrogens (tertiary/aromatic N) is 3. The van der Waals surface area contributed by atoms with Crippen LogP contribution in [0.15, 0.2) is 18.2 Å². The Morgan fingerprint density at radius 1 is 1.36 bits per heavy atom. The van der Waals surface area contributed by atoms with Gasteiger partial charge in [0.15, 0.2) is 6.61 Å². The van der Waals surface area contributed by atoms with Crippen LogP contribution in [0.5, 0.6) is 5.75 Å². The number of hydrogen-bond acceptors (Lipinski definition) is 4. The second-order valence-electron chi connectivity index (χ2n) is 5.33. The lowest BCUT2D eigenvalue weighted by molar-refractivity contribution is -0.135. The standard InChI is InChI=1S/C16H20ClN3O2/c1-13-11-14(17)3-4-15(13)22-12-16(21)20-9-7-19(8-10-20)6-2-5-18/h3-4,11H,2,6-10,12H2,1H3. The van der Waals surface area contributed by atoms with Crippen molar-refractivity contribution in [3.05, 3.63) is 28.8 Å². The van der Waals surface area contributed by atoms with Gasteiger partial charge in [-0.05, 0) is 30.7 Å². The van der Waals surface area contributed by atoms with Gasteiger partial charge < -0.3 is 9.64 Å². The van der Waals surface area contributed by atoms with Gasteiger partial charge in [0.2, 0.25) is 0 Å². The number of ether oxygens (including phenoxy) is 1. The van der Waals surface area contributed by atoms with Crippen LogP contribution < -0.4 is 4.74 Å². The molecule has 0 saturated carbocycles. The van der Waals surface area contributed by atoms with Crippen LogP contribution in [0, 0.1) is 18.3 Å². The van der Waals surface area contributed by atoms with Crippen LogP contribution in [0.3, 0.4) is 0 Å². The minimum Gasteiger partial charge on any atom is -0.483 e. The molecule has 0 N–H and O–H groups in total. The van der Waals surface area contributed by atoms with Crippen molar-refractivity contribution >= 4 is 17.5 Å². The van der Waals surface area contributed by atoms with Gasteiger partial charge in [-0.15, -0.1) is 0 Å². The number of carbonyl (C=O) groups is 1. The molecule has 22 heavy (non-hydrogen) atoms. The highest BCUT2D eigenvalue weighted by atomic mass is 35.5. The second-order valence-corrected chi connectivity index (χ2v) is 5.77. The summed E-state index contributed by atoms with van der Waals surface area (Å²) in [5, 5.41) is 9.25. The van der Waals surface area contributed by atoms with E-state index >= 15 is 0 Å². The quantitative estimate of drug-likeness (QED) is 0.833. The summed E-state index contributed by atoms with van der Waals surface area (Å²) in [4.78, 5) is 16.2. The molecule has 118 valence electrons. The fourth-order valence-electron chi connectivity index (χ4n) is 2.43. The first-order chi connectivity index (χ1) is 10.6. The largest absolute Gasteiger partial charge is 0.483 e. The van der Waals surface area contributed by atoms with Crippen molar-refractivity contribution in [3.8, 4) is 11.8 Å². The molecular formula is C16H20ClN3O2. The smallest absolute Gasteiger partial charge is 0.260 e. The van der Waals surface area contributed by atoms with Crippen molar-refractivity contribution in [2.75, 3.05) is 39.3 Å². The van der Waals surface area contributed by atoms with Gasteiger partial charge in [-0.2, -0.15) is 5.26 Å². The number of aryl methyl sites for hydroxylation is 1. The fraction of sp³-hybridized carbons (Fsp3) is 0.500. The molecule has 1 heterocycles. The maximum absolute atomic E-state index is 12.2. The minimum absolute atomic E-state index is 0.00529. The molecule has 1 amide bonds. The average Bonchev–Trinajstić information content (AvgIpc) is 2.52. The van der Waals surface area contributed by atoms with E-state index in [0.29, 0.717) is 30.3 Å². The highest BCUT2D eigenvalue weighted by molar-refractivity contribution is 6.30. The molecular weight excluding hydrogens is 302 g/mol. The van der Waals surface area contributed by atoms with E-state index in [4.69, 9.17) is 21.6 Å². The first kappa shape index (κ1) is 16.6. The normalized spacial score (nSPS) is 15.4. The third-order valence-corrected chi connectivity index (χ3v) is 3.99. The Balaban J connectivity index is 1.78. The molecule has 0 spiro atoms. The van der Waals surface area contributed by atoms with Crippen LogP contribution in [-0.2, 0) is 4.79 Å². The zero-order valence-corrected chi connectivity index (χ0v) is 13.5.